The molecule has 1 atom stereocenters. The monoisotopic (exact) mass is 372 g/mol. The number of aryl methyl sites for hydroxylation is 1. The third kappa shape index (κ3) is 3.16. The zero-order chi connectivity index (χ0) is 18.3. The van der Waals surface area contributed by atoms with E-state index in [4.69, 9.17) is 0 Å². The van der Waals surface area contributed by atoms with E-state index >= 15 is 0 Å². The first-order chi connectivity index (χ1) is 12.5. The van der Waals surface area contributed by atoms with Gasteiger partial charge in [-0.3, -0.25) is 9.59 Å². The summed E-state index contributed by atoms with van der Waals surface area (Å²) in [6, 6.07) is 2.40. The average molecular weight is 372 g/mol. The molecule has 0 aromatic carbocycles. The molecule has 2 aromatic rings. The maximum absolute atomic E-state index is 12.6. The largest absolute Gasteiger partial charge is 0.338 e. The Morgan fingerprint density at radius 2 is 2.19 bits per heavy atom. The second kappa shape index (κ2) is 6.54. The number of piperidine rings is 1. The van der Waals surface area contributed by atoms with Crippen molar-refractivity contribution in [3.8, 4) is 0 Å². The van der Waals surface area contributed by atoms with Crippen LogP contribution in [0.2, 0.25) is 0 Å². The maximum Gasteiger partial charge on any atom is 0.271 e. The Balaban J connectivity index is 1.38. The average Bonchev–Trinajstić information content (AvgIpc) is 2.99. The number of likely N-dealkylation sites (tertiary alicyclic amines) is 1. The van der Waals surface area contributed by atoms with Gasteiger partial charge in [0.1, 0.15) is 11.5 Å². The SMILES string of the molecule is CC(=O)N(Cc1ccsc1)[C@@H]1CC12CCN(C(=O)c1cnc(C)[nH]1)CC2. The van der Waals surface area contributed by atoms with Crippen molar-refractivity contribution >= 4 is 23.2 Å². The third-order valence-corrected chi connectivity index (χ3v) is 6.57. The summed E-state index contributed by atoms with van der Waals surface area (Å²) < 4.78 is 0. The number of rotatable bonds is 4. The van der Waals surface area contributed by atoms with Crippen LogP contribution in [0.3, 0.4) is 0 Å². The van der Waals surface area contributed by atoms with Crippen molar-refractivity contribution in [1.82, 2.24) is 19.8 Å². The molecule has 1 aliphatic heterocycles. The number of hydrogen-bond donors (Lipinski definition) is 1. The normalized spacial score (nSPS) is 21.0. The van der Waals surface area contributed by atoms with Crippen molar-refractivity contribution in [1.29, 1.82) is 0 Å². The second-order valence-electron chi connectivity index (χ2n) is 7.54. The Bertz CT molecular complexity index is 805. The fraction of sp³-hybridized carbons (Fsp3) is 0.526. The fourth-order valence-corrected chi connectivity index (χ4v) is 4.84. The molecule has 2 aromatic heterocycles. The van der Waals surface area contributed by atoms with Gasteiger partial charge in [-0.05, 0) is 54.0 Å². The molecule has 0 unspecified atom stereocenters. The van der Waals surface area contributed by atoms with Crippen LogP contribution in [-0.4, -0.2) is 50.7 Å². The van der Waals surface area contributed by atoms with Crippen LogP contribution in [0.25, 0.3) is 0 Å². The third-order valence-electron chi connectivity index (χ3n) is 5.84. The lowest BCUT2D eigenvalue weighted by atomic mass is 9.92. The van der Waals surface area contributed by atoms with Crippen LogP contribution in [0.4, 0.5) is 0 Å². The van der Waals surface area contributed by atoms with Gasteiger partial charge in [0.05, 0.1) is 6.20 Å². The van der Waals surface area contributed by atoms with Gasteiger partial charge in [0.2, 0.25) is 5.91 Å². The molecule has 26 heavy (non-hydrogen) atoms. The van der Waals surface area contributed by atoms with E-state index in [2.05, 4.69) is 26.8 Å². The molecule has 2 amide bonds. The summed E-state index contributed by atoms with van der Waals surface area (Å²) in [5, 5.41) is 4.16. The Morgan fingerprint density at radius 1 is 1.42 bits per heavy atom. The molecule has 1 spiro atoms. The molecule has 4 rings (SSSR count). The predicted octanol–water partition coefficient (Wildman–Crippen LogP) is 2.82. The molecule has 138 valence electrons. The van der Waals surface area contributed by atoms with Crippen LogP contribution in [0, 0.1) is 12.3 Å². The van der Waals surface area contributed by atoms with Gasteiger partial charge in [-0.2, -0.15) is 11.3 Å². The van der Waals surface area contributed by atoms with E-state index in [0.29, 0.717) is 18.3 Å². The number of H-pyrrole nitrogens is 1. The molecule has 2 fully saturated rings. The summed E-state index contributed by atoms with van der Waals surface area (Å²) in [7, 11) is 0. The van der Waals surface area contributed by atoms with Crippen molar-refractivity contribution in [2.45, 2.75) is 45.7 Å². The molecule has 2 aliphatic rings. The molecular formula is C19H24N4O2S. The lowest BCUT2D eigenvalue weighted by molar-refractivity contribution is -0.130. The van der Waals surface area contributed by atoms with E-state index in [0.717, 1.165) is 38.2 Å². The zero-order valence-electron chi connectivity index (χ0n) is 15.2. The van der Waals surface area contributed by atoms with Crippen molar-refractivity contribution in [2.75, 3.05) is 13.1 Å². The smallest absolute Gasteiger partial charge is 0.271 e. The number of amides is 2. The van der Waals surface area contributed by atoms with Gasteiger partial charge in [0.15, 0.2) is 0 Å². The highest BCUT2D eigenvalue weighted by Gasteiger charge is 2.58. The highest BCUT2D eigenvalue weighted by Crippen LogP contribution is 2.57. The first-order valence-corrected chi connectivity index (χ1v) is 10.0. The van der Waals surface area contributed by atoms with Crippen LogP contribution < -0.4 is 0 Å². The number of aromatic amines is 1. The number of carbonyl (C=O) groups is 2. The molecule has 1 aliphatic carbocycles. The van der Waals surface area contributed by atoms with Gasteiger partial charge >= 0.3 is 0 Å². The summed E-state index contributed by atoms with van der Waals surface area (Å²) >= 11 is 1.67. The molecule has 6 nitrogen and oxygen atoms in total. The molecule has 0 bridgehead atoms. The molecule has 1 saturated carbocycles. The highest BCUT2D eigenvalue weighted by molar-refractivity contribution is 7.07. The molecular weight excluding hydrogens is 348 g/mol. The number of imidazole rings is 1. The minimum Gasteiger partial charge on any atom is -0.338 e. The van der Waals surface area contributed by atoms with Gasteiger partial charge < -0.3 is 14.8 Å². The standard InChI is InChI=1S/C19H24N4O2S/c1-13-20-10-16(21-13)18(25)22-6-4-19(5-7-22)9-17(19)23(14(2)24)11-15-3-8-26-12-15/h3,8,10,12,17H,4-7,9,11H2,1-2H3,(H,20,21)/t17-/m1/s1. The lowest BCUT2D eigenvalue weighted by Crippen LogP contribution is -2.42. The van der Waals surface area contributed by atoms with E-state index in [9.17, 15) is 9.59 Å². The van der Waals surface area contributed by atoms with Gasteiger partial charge in [0, 0.05) is 32.6 Å². The quantitative estimate of drug-likeness (QED) is 0.897. The van der Waals surface area contributed by atoms with Crippen LogP contribution in [-0.2, 0) is 11.3 Å². The summed E-state index contributed by atoms with van der Waals surface area (Å²) in [6.45, 7) is 5.70. The number of carbonyl (C=O) groups excluding carboxylic acids is 2. The van der Waals surface area contributed by atoms with E-state index in [1.54, 1.807) is 24.5 Å². The fourth-order valence-electron chi connectivity index (χ4n) is 4.18. The number of aromatic nitrogens is 2. The van der Waals surface area contributed by atoms with Gasteiger partial charge in [-0.1, -0.05) is 0 Å². The van der Waals surface area contributed by atoms with Gasteiger partial charge in [-0.25, -0.2) is 4.98 Å². The minimum absolute atomic E-state index is 0.0272. The molecule has 1 saturated heterocycles. The van der Waals surface area contributed by atoms with E-state index in [1.165, 1.54) is 5.56 Å². The Morgan fingerprint density at radius 3 is 2.77 bits per heavy atom. The topological polar surface area (TPSA) is 69.3 Å². The summed E-state index contributed by atoms with van der Waals surface area (Å²) in [6.07, 6.45) is 4.59. The Labute approximate surface area is 157 Å². The molecule has 7 heteroatoms. The second-order valence-corrected chi connectivity index (χ2v) is 8.32. The van der Waals surface area contributed by atoms with Crippen molar-refractivity contribution in [3.63, 3.8) is 0 Å². The van der Waals surface area contributed by atoms with Gasteiger partial charge in [0.25, 0.3) is 5.91 Å². The number of thiophene rings is 1. The zero-order valence-corrected chi connectivity index (χ0v) is 16.0. The van der Waals surface area contributed by atoms with Crippen LogP contribution in [0.1, 0.15) is 48.1 Å². The Hall–Kier alpha value is -2.15. The number of hydrogen-bond acceptors (Lipinski definition) is 4. The first-order valence-electron chi connectivity index (χ1n) is 9.08. The number of nitrogens with zero attached hydrogens (tertiary/aromatic N) is 3. The van der Waals surface area contributed by atoms with E-state index in [1.807, 2.05) is 16.7 Å². The summed E-state index contributed by atoms with van der Waals surface area (Å²) in [5.41, 5.74) is 1.96. The van der Waals surface area contributed by atoms with Crippen LogP contribution in [0.5, 0.6) is 0 Å². The lowest BCUT2D eigenvalue weighted by Gasteiger charge is -2.34. The summed E-state index contributed by atoms with van der Waals surface area (Å²) in [5.74, 6) is 0.929. The molecule has 0 radical (unpaired) electrons. The minimum atomic E-state index is 0.0272. The van der Waals surface area contributed by atoms with Crippen molar-refractivity contribution in [2.24, 2.45) is 5.41 Å². The van der Waals surface area contributed by atoms with E-state index < -0.39 is 0 Å². The van der Waals surface area contributed by atoms with E-state index in [-0.39, 0.29) is 17.2 Å². The van der Waals surface area contributed by atoms with Crippen LogP contribution in [0.15, 0.2) is 23.0 Å². The van der Waals surface area contributed by atoms with Crippen molar-refractivity contribution in [3.05, 3.63) is 40.1 Å². The number of nitrogens with one attached hydrogen (secondary N) is 1. The molecule has 3 heterocycles. The summed E-state index contributed by atoms with van der Waals surface area (Å²) in [4.78, 5) is 35.8. The molecule has 1 N–H and O–H groups in total. The maximum atomic E-state index is 12.6. The Kier molecular flexibility index (Phi) is 4.34. The van der Waals surface area contributed by atoms with Crippen molar-refractivity contribution < 1.29 is 9.59 Å². The first kappa shape index (κ1) is 17.3. The predicted molar refractivity (Wildman–Crippen MR) is 99.8 cm³/mol. The highest BCUT2D eigenvalue weighted by atomic mass is 32.1. The van der Waals surface area contributed by atoms with Crippen LogP contribution >= 0.6 is 11.3 Å². The van der Waals surface area contributed by atoms with Gasteiger partial charge in [-0.15, -0.1) is 0 Å².